The summed E-state index contributed by atoms with van der Waals surface area (Å²) in [5.74, 6) is 0. The number of rotatable bonds is 0. The summed E-state index contributed by atoms with van der Waals surface area (Å²) in [6, 6.07) is 0. The molecule has 832 valence electrons. The third kappa shape index (κ3) is 16300. The fourth-order valence-electron chi connectivity index (χ4n) is 0. The molecule has 114 heavy (non-hydrogen) atoms. The quantitative estimate of drug-likeness (QED) is 0.166. The molecule has 0 rings (SSSR count). The van der Waals surface area contributed by atoms with Gasteiger partial charge >= 0.3 is 0 Å². The van der Waals surface area contributed by atoms with Gasteiger partial charge in [0, 0.05) is 380 Å². The summed E-state index contributed by atoms with van der Waals surface area (Å²) < 4.78 is 0. The van der Waals surface area contributed by atoms with E-state index in [4.69, 9.17) is 0 Å². The molecule has 0 heterocycles. The van der Waals surface area contributed by atoms with E-state index in [1.54, 1.807) is 0 Å². The van der Waals surface area contributed by atoms with Crippen LogP contribution in [0.15, 0.2) is 0 Å². The van der Waals surface area contributed by atoms with Gasteiger partial charge in [-0.15, -0.1) is 0 Å². The average Bonchev–Trinajstić information content (AvgIpc) is 2.20. The second-order valence-electron chi connectivity index (χ2n) is 9.39. The molecule has 2 atom stereocenters. The molecule has 0 aliphatic rings. The van der Waals surface area contributed by atoms with Crippen molar-refractivity contribution in [1.82, 2.24) is 34.3 Å². The van der Waals surface area contributed by atoms with Gasteiger partial charge in [-0.1, -0.05) is 37.1 Å². The Hall–Kier alpha value is 10.6. The van der Waals surface area contributed by atoms with Gasteiger partial charge in [0.2, 0.25) is 0 Å². The minimum Gasteiger partial charge on any atom is -0.412 e. The standard InChI is InChI=1S/7C3H9N.5CH4.61H2O.2H3P.Ti.17W/c7*1-4(2)3;;;;;;;;;;;;;;;;;;;;;;;;;;;;;;;;;;;;;;;;;;;;;;;;;;;;;;;;;;;;;;;;;;;;;;;;;;;;;;;;;;;;;;/h7*1-3H3;5*1H4;61*1H2;2*1H3;;;;;;;;;;;;;;;;;;. The molecule has 0 aromatic carbocycles. The largest absolute Gasteiger partial charge is 0.412 e. The Labute approximate surface area is 941 Å². The summed E-state index contributed by atoms with van der Waals surface area (Å²) in [5, 5.41) is 0. The predicted molar refractivity (Wildman–Crippen MR) is 414 cm³/mol. The zero-order chi connectivity index (χ0) is 25.0. The molecule has 88 heteroatoms. The van der Waals surface area contributed by atoms with E-state index in [9.17, 15) is 0 Å². The number of hydrogen-bond acceptors (Lipinski definition) is 7. The zero-order valence-corrected chi connectivity index (χ0v) is 118. The van der Waals surface area contributed by atoms with Crippen LogP contribution < -0.4 is 0 Å². The summed E-state index contributed by atoms with van der Waals surface area (Å²) >= 11 is 0. The monoisotopic (exact) mass is 4840 g/mol. The SMILES string of the molecule is C.C.C.C.C.CN(C)C.CN(C)C.CN(C)C.CN(C)C.CN(C)C.CN(C)C.CN(C)C.O.O.O.O.O.O.O.O.O.O.O.O.O.O.O.O.O.O.O.O.O.O.O.O.O.O.O.O.O.O.O.O.O.O.O.O.O.O.O.O.O.O.O.O.O.O.O.O.O.O.O.O.O.O.O.O.O.O.O.O.O.P.P.[Ti].[W].[W].[W].[W].[W].[W].[W].[W].[W].[W].[W].[W].[W].[W].[W].[W].[W]. The summed E-state index contributed by atoms with van der Waals surface area (Å²) in [4.78, 5) is 14.0. The third-order valence-corrected chi connectivity index (χ3v) is 0. The summed E-state index contributed by atoms with van der Waals surface area (Å²) in [6.45, 7) is 0. The first-order valence-corrected chi connectivity index (χ1v) is 9.39. The first-order chi connectivity index (χ1) is 12.1. The van der Waals surface area contributed by atoms with Gasteiger partial charge < -0.3 is 368 Å². The minimum absolute atomic E-state index is 0. The van der Waals surface area contributed by atoms with Gasteiger partial charge in [0.25, 0.3) is 0 Å². The van der Waals surface area contributed by atoms with E-state index in [2.05, 4.69) is 0 Å². The van der Waals surface area contributed by atoms with Crippen LogP contribution in [0.25, 0.3) is 0 Å². The molecular weight excluding hydrogens is 4620 g/mol. The Kier molecular flexibility index (Phi) is 31200. The van der Waals surface area contributed by atoms with Crippen molar-refractivity contribution >= 4 is 19.8 Å². The van der Waals surface area contributed by atoms with E-state index in [0.717, 1.165) is 0 Å². The molecule has 0 radical (unpaired) electrons. The van der Waals surface area contributed by atoms with Gasteiger partial charge in [0.15, 0.2) is 0 Å². The van der Waals surface area contributed by atoms with E-state index in [-0.39, 0.29) is 771 Å². The maximum Gasteiger partial charge on any atom is 0 e. The molecule has 0 aliphatic heterocycles. The van der Waals surface area contributed by atoms with Crippen molar-refractivity contribution in [2.75, 3.05) is 148 Å². The van der Waals surface area contributed by atoms with Crippen molar-refractivity contribution < 1.29 is 714 Å². The normalized spacial score (nSPS) is 2.21. The Morgan fingerprint density at radius 3 is 0.0789 bits per heavy atom. The topological polar surface area (TPSA) is 1940 Å². The molecule has 0 aromatic rings. The summed E-state index contributed by atoms with van der Waals surface area (Å²) in [7, 11) is 42.0. The molecule has 122 N–H and O–H groups in total. The number of hydrogen-bond donors (Lipinski definition) is 0. The van der Waals surface area contributed by atoms with Gasteiger partial charge in [0.05, 0.1) is 0 Å². The zero-order valence-electron chi connectivity index (χ0n) is 63.5. The van der Waals surface area contributed by atoms with E-state index < -0.39 is 0 Å². The molecule has 0 amide bonds. The van der Waals surface area contributed by atoms with Crippen LogP contribution in [0, 0.1) is 0 Å². The van der Waals surface area contributed by atoms with Gasteiger partial charge in [-0.3, -0.25) is 0 Å². The molecular formula is C26H211N7O61P2TiW17. The van der Waals surface area contributed by atoms with Crippen molar-refractivity contribution in [2.24, 2.45) is 0 Å². The van der Waals surface area contributed by atoms with Gasteiger partial charge in [-0.25, -0.2) is 0 Å². The van der Waals surface area contributed by atoms with Crippen LogP contribution in [0.1, 0.15) is 37.1 Å². The Morgan fingerprint density at radius 1 is 0.0789 bits per heavy atom. The van der Waals surface area contributed by atoms with Crippen LogP contribution in [0.4, 0.5) is 0 Å². The van der Waals surface area contributed by atoms with Crippen molar-refractivity contribution in [3.8, 4) is 0 Å². The number of nitrogens with zero attached hydrogens (tertiary/aromatic N) is 7. The molecule has 0 saturated carbocycles. The van der Waals surface area contributed by atoms with Crippen LogP contribution in [0.5, 0.6) is 0 Å². The van der Waals surface area contributed by atoms with E-state index in [1.807, 2.05) is 182 Å². The van der Waals surface area contributed by atoms with Gasteiger partial charge in [0.1, 0.15) is 0 Å². The van der Waals surface area contributed by atoms with E-state index in [1.165, 1.54) is 0 Å². The molecule has 68 nitrogen and oxygen atoms in total. The fourth-order valence-corrected chi connectivity index (χ4v) is 0. The van der Waals surface area contributed by atoms with Crippen LogP contribution in [0.2, 0.25) is 0 Å². The summed E-state index contributed by atoms with van der Waals surface area (Å²) in [6.07, 6.45) is 0. The van der Waals surface area contributed by atoms with Crippen molar-refractivity contribution in [3.05, 3.63) is 0 Å². The average molecular weight is 4830 g/mol. The second-order valence-corrected chi connectivity index (χ2v) is 9.39. The molecule has 2 unspecified atom stereocenters. The molecule has 0 aromatic heterocycles. The van der Waals surface area contributed by atoms with Gasteiger partial charge in [-0.05, 0) is 148 Å². The molecule has 0 spiro atoms. The predicted octanol–water partition coefficient (Wildman–Crippen LogP) is -45.8. The van der Waals surface area contributed by atoms with Crippen molar-refractivity contribution in [1.29, 1.82) is 0 Å². The summed E-state index contributed by atoms with van der Waals surface area (Å²) in [5.41, 5.74) is 0. The van der Waals surface area contributed by atoms with Crippen molar-refractivity contribution in [3.63, 3.8) is 0 Å². The Balaban J connectivity index is -0.000000000441. The maximum absolute atomic E-state index is 2.00. The fraction of sp³-hybridized carbons (Fsp3) is 1.00. The third-order valence-electron chi connectivity index (χ3n) is 0. The van der Waals surface area contributed by atoms with Crippen LogP contribution in [-0.4, -0.2) is 516 Å². The van der Waals surface area contributed by atoms with E-state index >= 15 is 0 Å². The first-order valence-electron chi connectivity index (χ1n) is 9.39. The Bertz CT molecular complexity index is 296. The molecule has 0 aliphatic carbocycles. The van der Waals surface area contributed by atoms with Crippen LogP contribution in [0.3, 0.4) is 0 Å². The van der Waals surface area contributed by atoms with Crippen molar-refractivity contribution in [2.45, 2.75) is 37.1 Å². The van der Waals surface area contributed by atoms with Gasteiger partial charge in [-0.2, -0.15) is 19.8 Å². The molecule has 0 saturated heterocycles. The Morgan fingerprint density at radius 2 is 0.0789 bits per heavy atom. The van der Waals surface area contributed by atoms with Crippen LogP contribution in [-0.2, 0) is 380 Å². The van der Waals surface area contributed by atoms with Crippen LogP contribution >= 0.6 is 19.8 Å². The molecule has 0 bridgehead atoms. The second kappa shape index (κ2) is 1860. The smallest absolute Gasteiger partial charge is 0 e. The minimum atomic E-state index is 0. The van der Waals surface area contributed by atoms with E-state index in [0.29, 0.717) is 0 Å². The first kappa shape index (κ1) is 1910. The maximum atomic E-state index is 2.00. The molecule has 0 fully saturated rings.